The number of nitrogens with two attached hydrogens (primary N) is 1. The number of hydrogen-bond donors (Lipinski definition) is 1. The molecule has 0 radical (unpaired) electrons. The standard InChI is InChI=1S/C13H18N2O4S/c1-2-19-13(16)9-20(17,18)15-8-11(14)7-10-5-3-4-6-12(10)15/h3-6,11H,2,7-9,14H2,1H3. The molecule has 20 heavy (non-hydrogen) atoms. The van der Waals surface area contributed by atoms with Crippen LogP contribution in [0.25, 0.3) is 0 Å². The highest BCUT2D eigenvalue weighted by Crippen LogP contribution is 2.28. The van der Waals surface area contributed by atoms with E-state index < -0.39 is 21.7 Å². The van der Waals surface area contributed by atoms with Crippen LogP contribution in [-0.2, 0) is 26.0 Å². The van der Waals surface area contributed by atoms with Crippen LogP contribution in [0.4, 0.5) is 5.69 Å². The van der Waals surface area contributed by atoms with E-state index in [4.69, 9.17) is 10.5 Å². The van der Waals surface area contributed by atoms with Gasteiger partial charge in [-0.15, -0.1) is 0 Å². The Labute approximate surface area is 118 Å². The van der Waals surface area contributed by atoms with Gasteiger partial charge >= 0.3 is 5.97 Å². The van der Waals surface area contributed by atoms with Crippen LogP contribution in [0.5, 0.6) is 0 Å². The summed E-state index contributed by atoms with van der Waals surface area (Å²) < 4.78 is 30.6. The highest BCUT2D eigenvalue weighted by Gasteiger charge is 2.32. The smallest absolute Gasteiger partial charge is 0.323 e. The zero-order valence-electron chi connectivity index (χ0n) is 11.3. The monoisotopic (exact) mass is 298 g/mol. The first-order valence-electron chi connectivity index (χ1n) is 6.43. The van der Waals surface area contributed by atoms with Crippen LogP contribution in [0.3, 0.4) is 0 Å². The molecule has 0 bridgehead atoms. The Balaban J connectivity index is 2.30. The fourth-order valence-corrected chi connectivity index (χ4v) is 3.71. The molecule has 1 unspecified atom stereocenters. The molecule has 1 atom stereocenters. The molecule has 0 fully saturated rings. The Morgan fingerprint density at radius 1 is 1.45 bits per heavy atom. The number of nitrogens with zero attached hydrogens (tertiary/aromatic N) is 1. The Morgan fingerprint density at radius 2 is 2.15 bits per heavy atom. The minimum absolute atomic E-state index is 0.157. The SMILES string of the molecule is CCOC(=O)CS(=O)(=O)N1CC(N)Cc2ccccc21. The van der Waals surface area contributed by atoms with Crippen molar-refractivity contribution >= 4 is 21.7 Å². The predicted octanol–water partition coefficient (Wildman–Crippen LogP) is 0.269. The average molecular weight is 298 g/mol. The van der Waals surface area contributed by atoms with Gasteiger partial charge in [0.25, 0.3) is 0 Å². The number of hydrogen-bond acceptors (Lipinski definition) is 5. The maximum absolute atomic E-state index is 12.3. The van der Waals surface area contributed by atoms with Gasteiger partial charge in [0.15, 0.2) is 5.75 Å². The second-order valence-electron chi connectivity index (χ2n) is 4.69. The fraction of sp³-hybridized carbons (Fsp3) is 0.462. The lowest BCUT2D eigenvalue weighted by molar-refractivity contribution is -0.139. The van der Waals surface area contributed by atoms with Gasteiger partial charge in [-0.05, 0) is 25.0 Å². The van der Waals surface area contributed by atoms with Gasteiger partial charge in [-0.1, -0.05) is 18.2 Å². The van der Waals surface area contributed by atoms with Gasteiger partial charge in [-0.2, -0.15) is 0 Å². The number of carbonyl (C=O) groups excluding carboxylic acids is 1. The molecule has 0 spiro atoms. The maximum Gasteiger partial charge on any atom is 0.323 e. The van der Waals surface area contributed by atoms with Crippen LogP contribution < -0.4 is 10.0 Å². The molecule has 110 valence electrons. The molecule has 7 heteroatoms. The third-order valence-electron chi connectivity index (χ3n) is 3.08. The summed E-state index contributed by atoms with van der Waals surface area (Å²) in [4.78, 5) is 11.4. The zero-order valence-corrected chi connectivity index (χ0v) is 12.1. The third-order valence-corrected chi connectivity index (χ3v) is 4.70. The Kier molecular flexibility index (Phi) is 4.29. The molecule has 0 saturated heterocycles. The topological polar surface area (TPSA) is 89.7 Å². The second kappa shape index (κ2) is 5.80. The van der Waals surface area contributed by atoms with Crippen molar-refractivity contribution in [3.8, 4) is 0 Å². The maximum atomic E-state index is 12.3. The molecule has 0 saturated carbocycles. The number of carbonyl (C=O) groups is 1. The minimum Gasteiger partial charge on any atom is -0.465 e. The van der Waals surface area contributed by atoms with E-state index in [0.29, 0.717) is 12.1 Å². The molecule has 1 aliphatic rings. The summed E-state index contributed by atoms with van der Waals surface area (Å²) in [6.45, 7) is 1.97. The molecule has 2 N–H and O–H groups in total. The van der Waals surface area contributed by atoms with Crippen molar-refractivity contribution in [1.82, 2.24) is 0 Å². The summed E-state index contributed by atoms with van der Waals surface area (Å²) in [7, 11) is -3.77. The van der Waals surface area contributed by atoms with Gasteiger partial charge in [-0.25, -0.2) is 8.42 Å². The van der Waals surface area contributed by atoms with Crippen LogP contribution in [0.2, 0.25) is 0 Å². The number of esters is 1. The normalized spacial score (nSPS) is 18.5. The molecule has 0 aliphatic carbocycles. The molecule has 1 aromatic carbocycles. The molecule has 0 aromatic heterocycles. The van der Waals surface area contributed by atoms with E-state index in [2.05, 4.69) is 0 Å². The number of rotatable bonds is 4. The Bertz CT molecular complexity index is 600. The lowest BCUT2D eigenvalue weighted by Gasteiger charge is -2.33. The number of sulfonamides is 1. The van der Waals surface area contributed by atoms with Crippen LogP contribution in [-0.4, -0.2) is 39.3 Å². The van der Waals surface area contributed by atoms with Gasteiger partial charge < -0.3 is 10.5 Å². The van der Waals surface area contributed by atoms with Crippen molar-refractivity contribution in [3.05, 3.63) is 29.8 Å². The third kappa shape index (κ3) is 3.10. The number of fused-ring (bicyclic) bond motifs is 1. The molecular weight excluding hydrogens is 280 g/mol. The van der Waals surface area contributed by atoms with E-state index >= 15 is 0 Å². The lowest BCUT2D eigenvalue weighted by atomic mass is 10.0. The van der Waals surface area contributed by atoms with E-state index in [1.807, 2.05) is 12.1 Å². The summed E-state index contributed by atoms with van der Waals surface area (Å²) >= 11 is 0. The first-order valence-corrected chi connectivity index (χ1v) is 8.04. The molecule has 1 aliphatic heterocycles. The quantitative estimate of drug-likeness (QED) is 0.806. The molecule has 6 nitrogen and oxygen atoms in total. The highest BCUT2D eigenvalue weighted by atomic mass is 32.2. The molecular formula is C13H18N2O4S. The zero-order chi connectivity index (χ0) is 14.8. The van der Waals surface area contributed by atoms with Crippen LogP contribution in [0.1, 0.15) is 12.5 Å². The van der Waals surface area contributed by atoms with E-state index in [1.54, 1.807) is 19.1 Å². The van der Waals surface area contributed by atoms with E-state index in [-0.39, 0.29) is 19.2 Å². The first kappa shape index (κ1) is 14.8. The van der Waals surface area contributed by atoms with Crippen molar-refractivity contribution in [2.45, 2.75) is 19.4 Å². The van der Waals surface area contributed by atoms with Crippen molar-refractivity contribution in [2.75, 3.05) is 23.2 Å². The predicted molar refractivity (Wildman–Crippen MR) is 75.9 cm³/mol. The Hall–Kier alpha value is -1.60. The first-order chi connectivity index (χ1) is 9.44. The fourth-order valence-electron chi connectivity index (χ4n) is 2.28. The number of anilines is 1. The lowest BCUT2D eigenvalue weighted by Crippen LogP contribution is -2.47. The largest absolute Gasteiger partial charge is 0.465 e. The number of para-hydroxylation sites is 1. The summed E-state index contributed by atoms with van der Waals surface area (Å²) in [5, 5.41) is 0. The van der Waals surface area contributed by atoms with Crippen molar-refractivity contribution < 1.29 is 17.9 Å². The summed E-state index contributed by atoms with van der Waals surface area (Å²) in [5.41, 5.74) is 7.37. The van der Waals surface area contributed by atoms with Crippen LogP contribution in [0, 0.1) is 0 Å². The summed E-state index contributed by atoms with van der Waals surface area (Å²) in [6.07, 6.45) is 0.627. The van der Waals surface area contributed by atoms with Crippen molar-refractivity contribution in [2.24, 2.45) is 5.73 Å². The summed E-state index contributed by atoms with van der Waals surface area (Å²) in [6, 6.07) is 6.91. The van der Waals surface area contributed by atoms with E-state index in [0.717, 1.165) is 5.56 Å². The average Bonchev–Trinajstić information content (AvgIpc) is 2.37. The van der Waals surface area contributed by atoms with Crippen molar-refractivity contribution in [1.29, 1.82) is 0 Å². The number of benzene rings is 1. The molecule has 0 amide bonds. The van der Waals surface area contributed by atoms with Gasteiger partial charge in [-0.3, -0.25) is 9.10 Å². The van der Waals surface area contributed by atoms with E-state index in [1.165, 1.54) is 4.31 Å². The van der Waals surface area contributed by atoms with Gasteiger partial charge in [0.1, 0.15) is 0 Å². The van der Waals surface area contributed by atoms with E-state index in [9.17, 15) is 13.2 Å². The van der Waals surface area contributed by atoms with Crippen molar-refractivity contribution in [3.63, 3.8) is 0 Å². The highest BCUT2D eigenvalue weighted by molar-refractivity contribution is 7.93. The molecule has 1 heterocycles. The molecule has 1 aromatic rings. The van der Waals surface area contributed by atoms with Crippen LogP contribution in [0.15, 0.2) is 24.3 Å². The van der Waals surface area contributed by atoms with Gasteiger partial charge in [0, 0.05) is 12.6 Å². The second-order valence-corrected chi connectivity index (χ2v) is 6.58. The van der Waals surface area contributed by atoms with Gasteiger partial charge in [0.05, 0.1) is 12.3 Å². The summed E-state index contributed by atoms with van der Waals surface area (Å²) in [5.74, 6) is -1.41. The Morgan fingerprint density at radius 3 is 2.85 bits per heavy atom. The van der Waals surface area contributed by atoms with Crippen LogP contribution >= 0.6 is 0 Å². The van der Waals surface area contributed by atoms with Gasteiger partial charge in [0.2, 0.25) is 10.0 Å². The number of ether oxygens (including phenoxy) is 1. The minimum atomic E-state index is -3.77. The molecule has 2 rings (SSSR count).